The molecular formula is C4H7BrMgO2. The van der Waals surface area contributed by atoms with Gasteiger partial charge < -0.3 is 26.9 Å². The summed E-state index contributed by atoms with van der Waals surface area (Å²) in [6.45, 7) is 1.80. The number of carbonyl (C=O) groups excluding carboxylic acids is 1. The number of carbonyl (C=O) groups is 1. The maximum Gasteiger partial charge on any atom is 2.00 e. The van der Waals surface area contributed by atoms with Crippen LogP contribution >= 0.6 is 0 Å². The van der Waals surface area contributed by atoms with Crippen molar-refractivity contribution < 1.29 is 26.9 Å². The molecule has 0 aromatic heterocycles. The smallest absolute Gasteiger partial charge is 1.00 e. The average Bonchev–Trinajstić information content (AvgIpc) is 1.35. The van der Waals surface area contributed by atoms with Crippen LogP contribution in [0.5, 0.6) is 0 Å². The normalized spacial score (nSPS) is 6.12. The zero-order valence-electron chi connectivity index (χ0n) is 4.82. The van der Waals surface area contributed by atoms with Gasteiger partial charge in [-0.1, -0.05) is 13.3 Å². The summed E-state index contributed by atoms with van der Waals surface area (Å²) in [5.74, 6) is -0.961. The topological polar surface area (TPSA) is 40.1 Å². The van der Waals surface area contributed by atoms with Crippen LogP contribution in [0.2, 0.25) is 0 Å². The van der Waals surface area contributed by atoms with Crippen molar-refractivity contribution in [2.45, 2.75) is 19.8 Å². The minimum Gasteiger partial charge on any atom is -1.00 e. The minimum absolute atomic E-state index is 0. The van der Waals surface area contributed by atoms with Crippen LogP contribution in [-0.2, 0) is 4.79 Å². The first-order chi connectivity index (χ1) is 2.77. The fourth-order valence-corrected chi connectivity index (χ4v) is 0.204. The molecule has 0 amide bonds. The molecule has 4 heteroatoms. The Hall–Kier alpha value is 0.716. The van der Waals surface area contributed by atoms with Crippen molar-refractivity contribution >= 4 is 29.0 Å². The van der Waals surface area contributed by atoms with Crippen molar-refractivity contribution in [1.29, 1.82) is 0 Å². The molecule has 0 fully saturated rings. The summed E-state index contributed by atoms with van der Waals surface area (Å²) in [6, 6.07) is 0. The Labute approximate surface area is 75.6 Å². The van der Waals surface area contributed by atoms with Crippen molar-refractivity contribution in [3.05, 3.63) is 0 Å². The monoisotopic (exact) mass is 189 g/mol. The van der Waals surface area contributed by atoms with Crippen LogP contribution < -0.4 is 22.1 Å². The van der Waals surface area contributed by atoms with Crippen molar-refractivity contribution in [3.63, 3.8) is 0 Å². The summed E-state index contributed by atoms with van der Waals surface area (Å²) >= 11 is 0. The van der Waals surface area contributed by atoms with Crippen LogP contribution in [0.3, 0.4) is 0 Å². The second-order valence-electron chi connectivity index (χ2n) is 1.12. The van der Waals surface area contributed by atoms with Gasteiger partial charge in [-0.05, 0) is 6.42 Å². The Bertz CT molecular complexity index is 58.0. The summed E-state index contributed by atoms with van der Waals surface area (Å²) in [6.07, 6.45) is 0.850. The Balaban J connectivity index is -0.000000125. The molecule has 0 heterocycles. The number of hydrogen-bond acceptors (Lipinski definition) is 2. The minimum atomic E-state index is -0.961. The molecule has 0 aliphatic carbocycles. The molecule has 0 aromatic rings. The molecule has 0 rings (SSSR count). The molecule has 0 aliphatic heterocycles. The van der Waals surface area contributed by atoms with Crippen LogP contribution in [0.15, 0.2) is 0 Å². The van der Waals surface area contributed by atoms with E-state index in [-0.39, 0.29) is 46.5 Å². The van der Waals surface area contributed by atoms with Crippen LogP contribution in [0.4, 0.5) is 0 Å². The fraction of sp³-hybridized carbons (Fsp3) is 0.750. The van der Waals surface area contributed by atoms with Gasteiger partial charge in [0.1, 0.15) is 0 Å². The number of aliphatic carboxylic acids is 1. The van der Waals surface area contributed by atoms with Gasteiger partial charge >= 0.3 is 23.1 Å². The van der Waals surface area contributed by atoms with Crippen molar-refractivity contribution in [2.75, 3.05) is 0 Å². The molecule has 0 N–H and O–H groups in total. The van der Waals surface area contributed by atoms with Gasteiger partial charge in [-0.25, -0.2) is 0 Å². The average molecular weight is 190 g/mol. The molecule has 0 unspecified atom stereocenters. The van der Waals surface area contributed by atoms with E-state index < -0.39 is 5.97 Å². The van der Waals surface area contributed by atoms with Gasteiger partial charge in [0.2, 0.25) is 0 Å². The van der Waals surface area contributed by atoms with Crippen LogP contribution in [0.1, 0.15) is 19.8 Å². The SMILES string of the molecule is CCC[11C](=O)[O-].[Br-].[Mg+2]. The summed E-state index contributed by atoms with van der Waals surface area (Å²) < 4.78 is 0. The van der Waals surface area contributed by atoms with Crippen LogP contribution in [-0.4, -0.2) is 29.0 Å². The zero-order chi connectivity index (χ0) is 4.99. The number of carboxylic acids is 1. The van der Waals surface area contributed by atoms with Crippen molar-refractivity contribution in [2.24, 2.45) is 0 Å². The largest absolute Gasteiger partial charge is 2.00 e. The molecule has 2 nitrogen and oxygen atoms in total. The maximum absolute atomic E-state index is 9.49. The summed E-state index contributed by atoms with van der Waals surface area (Å²) in [7, 11) is 0. The van der Waals surface area contributed by atoms with Gasteiger partial charge in [-0.2, -0.15) is 0 Å². The summed E-state index contributed by atoms with van der Waals surface area (Å²) in [4.78, 5) is 9.49. The van der Waals surface area contributed by atoms with Crippen LogP contribution in [0.25, 0.3) is 0 Å². The van der Waals surface area contributed by atoms with Gasteiger partial charge in [0.15, 0.2) is 0 Å². The number of halogens is 1. The molecule has 0 aliphatic rings. The predicted octanol–water partition coefficient (Wildman–Crippen LogP) is -3.84. The fourth-order valence-electron chi connectivity index (χ4n) is 0.204. The number of carboxylic acid groups (broad SMARTS) is 1. The van der Waals surface area contributed by atoms with Crippen LogP contribution in [0, 0.1) is 0 Å². The molecule has 0 saturated heterocycles. The van der Waals surface area contributed by atoms with E-state index in [9.17, 15) is 9.90 Å². The quantitative estimate of drug-likeness (QED) is 0.418. The third-order valence-corrected chi connectivity index (χ3v) is 0.454. The first-order valence-corrected chi connectivity index (χ1v) is 1.97. The van der Waals surface area contributed by atoms with E-state index in [1.807, 2.05) is 0 Å². The first-order valence-electron chi connectivity index (χ1n) is 1.97. The summed E-state index contributed by atoms with van der Waals surface area (Å²) in [5, 5.41) is 9.49. The summed E-state index contributed by atoms with van der Waals surface area (Å²) in [5.41, 5.74) is 0. The van der Waals surface area contributed by atoms with E-state index in [2.05, 4.69) is 0 Å². The van der Waals surface area contributed by atoms with E-state index >= 15 is 0 Å². The number of hydrogen-bond donors (Lipinski definition) is 0. The molecule has 0 aromatic carbocycles. The predicted molar refractivity (Wildman–Crippen MR) is 25.7 cm³/mol. The second-order valence-corrected chi connectivity index (χ2v) is 1.12. The molecule has 0 saturated carbocycles. The zero-order valence-corrected chi connectivity index (χ0v) is 7.82. The van der Waals surface area contributed by atoms with Gasteiger partial charge in [0.25, 0.3) is 0 Å². The Kier molecular flexibility index (Phi) is 21.1. The number of rotatable bonds is 2. The van der Waals surface area contributed by atoms with E-state index in [0.29, 0.717) is 6.42 Å². The first kappa shape index (κ1) is 15.9. The van der Waals surface area contributed by atoms with Gasteiger partial charge in [0.05, 0.1) is 0 Å². The molecular weight excluding hydrogens is 183 g/mol. The van der Waals surface area contributed by atoms with Crippen molar-refractivity contribution in [1.82, 2.24) is 0 Å². The van der Waals surface area contributed by atoms with Gasteiger partial charge in [0, 0.05) is 5.97 Å². The van der Waals surface area contributed by atoms with Gasteiger partial charge in [-0.15, -0.1) is 0 Å². The van der Waals surface area contributed by atoms with E-state index in [0.717, 1.165) is 0 Å². The third-order valence-electron chi connectivity index (χ3n) is 0.454. The Morgan fingerprint density at radius 1 is 1.62 bits per heavy atom. The molecule has 0 bridgehead atoms. The van der Waals surface area contributed by atoms with E-state index in [1.54, 1.807) is 6.92 Å². The molecule has 44 valence electrons. The Morgan fingerprint density at radius 3 is 2.00 bits per heavy atom. The van der Waals surface area contributed by atoms with Gasteiger partial charge in [-0.3, -0.25) is 0 Å². The molecule has 8 heavy (non-hydrogen) atoms. The third kappa shape index (κ3) is 15.9. The molecule has 0 spiro atoms. The Morgan fingerprint density at radius 2 is 2.00 bits per heavy atom. The van der Waals surface area contributed by atoms with Crippen molar-refractivity contribution in [3.8, 4) is 0 Å². The molecule has 0 atom stereocenters. The second kappa shape index (κ2) is 10.7. The van der Waals surface area contributed by atoms with E-state index in [1.165, 1.54) is 0 Å². The molecule has 0 radical (unpaired) electrons. The standard InChI is InChI=1S/C4H8O2.BrH.Mg/c1-2-3-4(5)6;;/h2-3H2,1H3,(H,5,6);1H;/q;;+2/p-2/i4-1;;. The van der Waals surface area contributed by atoms with E-state index in [4.69, 9.17) is 0 Å². The maximum atomic E-state index is 9.49.